The number of nitrogen functional groups attached to an aromatic ring is 1. The van der Waals surface area contributed by atoms with Gasteiger partial charge in [-0.2, -0.15) is 0 Å². The molecule has 0 fully saturated rings. The Morgan fingerprint density at radius 3 is 1.68 bits per heavy atom. The zero-order valence-electron chi connectivity index (χ0n) is 17.2. The Hall–Kier alpha value is -4.10. The number of nitrogens with two attached hydrogens (primary N) is 1. The molecule has 148 valence electrons. The molecule has 0 aliphatic heterocycles. The van der Waals surface area contributed by atoms with Crippen LogP contribution < -0.4 is 5.73 Å². The molecule has 5 aromatic carbocycles. The van der Waals surface area contributed by atoms with Gasteiger partial charge in [-0.15, -0.1) is 0 Å². The molecule has 0 aliphatic rings. The van der Waals surface area contributed by atoms with Gasteiger partial charge in [0.25, 0.3) is 0 Å². The lowest BCUT2D eigenvalue weighted by atomic mass is 9.94. The maximum absolute atomic E-state index is 6.76. The first kappa shape index (κ1) is 18.9. The van der Waals surface area contributed by atoms with E-state index >= 15 is 0 Å². The molecule has 1 nitrogen and oxygen atoms in total. The first-order chi connectivity index (χ1) is 15.3. The zero-order valence-corrected chi connectivity index (χ0v) is 17.2. The second-order valence-corrected chi connectivity index (χ2v) is 7.70. The van der Waals surface area contributed by atoms with Crippen LogP contribution in [0.15, 0.2) is 103 Å². The first-order valence-corrected chi connectivity index (χ1v) is 10.5. The topological polar surface area (TPSA) is 26.0 Å². The summed E-state index contributed by atoms with van der Waals surface area (Å²) in [6.07, 6.45) is 8.55. The Kier molecular flexibility index (Phi) is 5.08. The fourth-order valence-electron chi connectivity index (χ4n) is 3.97. The average Bonchev–Trinajstić information content (AvgIpc) is 2.82. The van der Waals surface area contributed by atoms with Crippen molar-refractivity contribution in [3.63, 3.8) is 0 Å². The van der Waals surface area contributed by atoms with E-state index in [-0.39, 0.29) is 0 Å². The highest BCUT2D eigenvalue weighted by Gasteiger charge is 2.09. The van der Waals surface area contributed by atoms with E-state index in [1.54, 1.807) is 0 Å². The van der Waals surface area contributed by atoms with Gasteiger partial charge in [-0.05, 0) is 51.0 Å². The van der Waals surface area contributed by atoms with Gasteiger partial charge < -0.3 is 5.73 Å². The number of hydrogen-bond acceptors (Lipinski definition) is 1. The van der Waals surface area contributed by atoms with E-state index in [1.807, 2.05) is 24.3 Å². The molecule has 1 heteroatoms. The van der Waals surface area contributed by atoms with Gasteiger partial charge in [0.1, 0.15) is 0 Å². The third-order valence-corrected chi connectivity index (χ3v) is 5.62. The van der Waals surface area contributed by atoms with Crippen LogP contribution in [0.25, 0.3) is 45.8 Å². The summed E-state index contributed by atoms with van der Waals surface area (Å²) in [5, 5.41) is 4.66. The van der Waals surface area contributed by atoms with Crippen LogP contribution in [0, 0.1) is 0 Å². The maximum atomic E-state index is 6.76. The van der Waals surface area contributed by atoms with Gasteiger partial charge in [0.05, 0.1) is 0 Å². The Morgan fingerprint density at radius 1 is 0.484 bits per heavy atom. The Morgan fingerprint density at radius 2 is 1.03 bits per heavy atom. The minimum atomic E-state index is 0.808. The van der Waals surface area contributed by atoms with Crippen molar-refractivity contribution in [1.29, 1.82) is 0 Å². The van der Waals surface area contributed by atoms with Crippen LogP contribution in [0.3, 0.4) is 0 Å². The predicted octanol–water partition coefficient (Wildman–Crippen LogP) is 7.92. The minimum Gasteiger partial charge on any atom is -0.398 e. The third kappa shape index (κ3) is 3.99. The van der Waals surface area contributed by atoms with Gasteiger partial charge in [0, 0.05) is 16.6 Å². The van der Waals surface area contributed by atoms with Crippen molar-refractivity contribution in [3.05, 3.63) is 125 Å². The number of fused-ring (bicyclic) bond motifs is 2. The Bertz CT molecular complexity index is 1410. The molecule has 31 heavy (non-hydrogen) atoms. The maximum Gasteiger partial charge on any atom is 0.0473 e. The molecule has 0 aliphatic carbocycles. The molecule has 0 bridgehead atoms. The molecule has 0 heterocycles. The molecule has 0 saturated carbocycles. The lowest BCUT2D eigenvalue weighted by Gasteiger charge is -2.12. The molecule has 0 saturated heterocycles. The predicted molar refractivity (Wildman–Crippen MR) is 137 cm³/mol. The van der Waals surface area contributed by atoms with Crippen LogP contribution in [0.4, 0.5) is 5.69 Å². The molecule has 5 rings (SSSR count). The van der Waals surface area contributed by atoms with Gasteiger partial charge in [-0.3, -0.25) is 0 Å². The summed E-state index contributed by atoms with van der Waals surface area (Å²) in [7, 11) is 0. The fourth-order valence-corrected chi connectivity index (χ4v) is 3.97. The number of rotatable bonds is 4. The summed E-state index contributed by atoms with van der Waals surface area (Å²) in [6, 6.07) is 35.8. The normalized spacial score (nSPS) is 11.7. The molecule has 0 atom stereocenters. The van der Waals surface area contributed by atoms with Gasteiger partial charge in [-0.1, -0.05) is 109 Å². The van der Waals surface area contributed by atoms with Crippen molar-refractivity contribution < 1.29 is 0 Å². The van der Waals surface area contributed by atoms with Gasteiger partial charge in [-0.25, -0.2) is 0 Å². The van der Waals surface area contributed by atoms with Gasteiger partial charge >= 0.3 is 0 Å². The van der Waals surface area contributed by atoms with Crippen LogP contribution >= 0.6 is 0 Å². The van der Waals surface area contributed by atoms with Crippen LogP contribution in [0.1, 0.15) is 22.3 Å². The van der Waals surface area contributed by atoms with Crippen molar-refractivity contribution in [2.24, 2.45) is 0 Å². The van der Waals surface area contributed by atoms with E-state index in [0.717, 1.165) is 38.7 Å². The average molecular weight is 398 g/mol. The molecule has 5 aromatic rings. The van der Waals surface area contributed by atoms with Crippen LogP contribution in [0.2, 0.25) is 0 Å². The van der Waals surface area contributed by atoms with Crippen molar-refractivity contribution >= 4 is 51.5 Å². The highest BCUT2D eigenvalue weighted by molar-refractivity contribution is 6.07. The first-order valence-electron chi connectivity index (χ1n) is 10.5. The van der Waals surface area contributed by atoms with E-state index in [4.69, 9.17) is 5.73 Å². The fraction of sp³-hybridized carbons (Fsp3) is 0. The summed E-state index contributed by atoms with van der Waals surface area (Å²) >= 11 is 0. The Balaban J connectivity index is 1.70. The van der Waals surface area contributed by atoms with Crippen molar-refractivity contribution in [2.45, 2.75) is 0 Å². The number of anilines is 1. The minimum absolute atomic E-state index is 0.808. The second kappa shape index (κ2) is 8.33. The zero-order chi connectivity index (χ0) is 21.0. The largest absolute Gasteiger partial charge is 0.398 e. The summed E-state index contributed by atoms with van der Waals surface area (Å²) < 4.78 is 0. The summed E-state index contributed by atoms with van der Waals surface area (Å²) in [4.78, 5) is 0. The summed E-state index contributed by atoms with van der Waals surface area (Å²) in [6.45, 7) is 0. The van der Waals surface area contributed by atoms with Crippen LogP contribution in [-0.4, -0.2) is 0 Å². The highest BCUT2D eigenvalue weighted by atomic mass is 14.6. The smallest absolute Gasteiger partial charge is 0.0473 e. The second-order valence-electron chi connectivity index (χ2n) is 7.70. The molecule has 0 spiro atoms. The van der Waals surface area contributed by atoms with Crippen molar-refractivity contribution in [2.75, 3.05) is 5.73 Å². The van der Waals surface area contributed by atoms with Crippen LogP contribution in [-0.2, 0) is 0 Å². The van der Waals surface area contributed by atoms with Gasteiger partial charge in [0.2, 0.25) is 0 Å². The van der Waals surface area contributed by atoms with E-state index < -0.39 is 0 Å². The number of hydrogen-bond donors (Lipinski definition) is 1. The van der Waals surface area contributed by atoms with E-state index in [2.05, 4.69) is 103 Å². The number of benzene rings is 5. The molecular weight excluding hydrogens is 374 g/mol. The van der Waals surface area contributed by atoms with Gasteiger partial charge in [0.15, 0.2) is 0 Å². The van der Waals surface area contributed by atoms with E-state index in [1.165, 1.54) is 10.8 Å². The lowest BCUT2D eigenvalue weighted by Crippen LogP contribution is -1.95. The molecule has 2 N–H and O–H groups in total. The quantitative estimate of drug-likeness (QED) is 0.186. The lowest BCUT2D eigenvalue weighted by molar-refractivity contribution is 1.63. The van der Waals surface area contributed by atoms with E-state index in [9.17, 15) is 0 Å². The molecule has 0 unspecified atom stereocenters. The monoisotopic (exact) mass is 397 g/mol. The van der Waals surface area contributed by atoms with Crippen molar-refractivity contribution in [3.8, 4) is 0 Å². The third-order valence-electron chi connectivity index (χ3n) is 5.62. The summed E-state index contributed by atoms with van der Waals surface area (Å²) in [5.74, 6) is 0. The van der Waals surface area contributed by atoms with Crippen LogP contribution in [0.5, 0.6) is 0 Å². The molecule has 0 amide bonds. The molecule has 0 aromatic heterocycles. The Labute approximate surface area is 182 Å². The van der Waals surface area contributed by atoms with E-state index in [0.29, 0.717) is 0 Å². The van der Waals surface area contributed by atoms with Crippen molar-refractivity contribution in [1.82, 2.24) is 0 Å². The molecule has 0 radical (unpaired) electrons. The molecular formula is C30H23N. The summed E-state index contributed by atoms with van der Waals surface area (Å²) in [5.41, 5.74) is 12.0. The standard InChI is InChI=1S/C30H23N/c31-30-28(18-16-23-11-5-2-6-12-23)26(17-15-22-9-3-1-4-10-22)20-27-19-24-13-7-8-14-25(24)21-29(27)30/h1-21H,31H2/b17-15+,18-16+. The SMILES string of the molecule is Nc1c(/C=C/c2ccccc2)c(/C=C/c2ccccc2)cc2cc3ccccc3cc12. The highest BCUT2D eigenvalue weighted by Crippen LogP contribution is 2.34.